The summed E-state index contributed by atoms with van der Waals surface area (Å²) in [6, 6.07) is 67.7. The zero-order valence-corrected chi connectivity index (χ0v) is 28.7. The van der Waals surface area contributed by atoms with Gasteiger partial charge in [0.1, 0.15) is 16.7 Å². The SMILES string of the molecule is c1ccc(-c2ccc(N(c3ccc(-c4ccc5oc6ccc7nc(-c8ccccc8)oc7c6c5c4)cc3)c3ccccc3-c3ccccc3)cc2)cc1. The molecule has 250 valence electrons. The molecule has 0 saturated carbocycles. The highest BCUT2D eigenvalue weighted by Gasteiger charge is 2.19. The first-order chi connectivity index (χ1) is 26.3. The lowest BCUT2D eigenvalue weighted by Gasteiger charge is -2.28. The first-order valence-corrected chi connectivity index (χ1v) is 17.8. The normalized spacial score (nSPS) is 11.4. The molecule has 4 heteroatoms. The third kappa shape index (κ3) is 5.54. The highest BCUT2D eigenvalue weighted by molar-refractivity contribution is 6.17. The molecule has 4 nitrogen and oxygen atoms in total. The molecule has 0 N–H and O–H groups in total. The minimum Gasteiger partial charge on any atom is -0.456 e. The van der Waals surface area contributed by atoms with Crippen LogP contribution in [0.25, 0.3) is 77.9 Å². The monoisotopic (exact) mass is 680 g/mol. The molecule has 0 atom stereocenters. The summed E-state index contributed by atoms with van der Waals surface area (Å²) in [5.74, 6) is 0.599. The van der Waals surface area contributed by atoms with E-state index in [4.69, 9.17) is 13.8 Å². The highest BCUT2D eigenvalue weighted by Crippen LogP contribution is 2.43. The van der Waals surface area contributed by atoms with E-state index in [1.807, 2.05) is 42.5 Å². The van der Waals surface area contributed by atoms with Crippen molar-refractivity contribution in [2.45, 2.75) is 0 Å². The van der Waals surface area contributed by atoms with Crippen LogP contribution in [0.15, 0.2) is 203 Å². The van der Waals surface area contributed by atoms with Crippen molar-refractivity contribution in [2.24, 2.45) is 0 Å². The fourth-order valence-electron chi connectivity index (χ4n) is 7.32. The van der Waals surface area contributed by atoms with Crippen LogP contribution in [0.1, 0.15) is 0 Å². The van der Waals surface area contributed by atoms with Gasteiger partial charge < -0.3 is 13.7 Å². The molecule has 0 radical (unpaired) electrons. The Labute approximate surface area is 306 Å². The molecular formula is C49H32N2O2. The Morgan fingerprint density at radius 1 is 0.396 bits per heavy atom. The fourth-order valence-corrected chi connectivity index (χ4v) is 7.32. The molecule has 0 unspecified atom stereocenters. The van der Waals surface area contributed by atoms with Crippen LogP contribution >= 0.6 is 0 Å². The predicted molar refractivity (Wildman–Crippen MR) is 218 cm³/mol. The maximum absolute atomic E-state index is 6.40. The van der Waals surface area contributed by atoms with E-state index in [0.29, 0.717) is 5.89 Å². The molecular weight excluding hydrogens is 649 g/mol. The van der Waals surface area contributed by atoms with E-state index in [1.54, 1.807) is 0 Å². The third-order valence-corrected chi connectivity index (χ3v) is 9.93. The molecule has 0 aliphatic rings. The number of fused-ring (bicyclic) bond motifs is 5. The predicted octanol–water partition coefficient (Wildman–Crippen LogP) is 13.9. The van der Waals surface area contributed by atoms with Crippen molar-refractivity contribution in [3.05, 3.63) is 194 Å². The van der Waals surface area contributed by atoms with Crippen LogP contribution in [0.4, 0.5) is 17.1 Å². The van der Waals surface area contributed by atoms with Gasteiger partial charge in [-0.1, -0.05) is 127 Å². The molecule has 0 aliphatic carbocycles. The van der Waals surface area contributed by atoms with Crippen molar-refractivity contribution in [3.63, 3.8) is 0 Å². The molecule has 0 spiro atoms. The van der Waals surface area contributed by atoms with Gasteiger partial charge >= 0.3 is 0 Å². The van der Waals surface area contributed by atoms with Crippen LogP contribution < -0.4 is 4.90 Å². The van der Waals surface area contributed by atoms with Gasteiger partial charge in [-0.15, -0.1) is 0 Å². The van der Waals surface area contributed by atoms with E-state index in [-0.39, 0.29) is 0 Å². The number of hydrogen-bond donors (Lipinski definition) is 0. The smallest absolute Gasteiger partial charge is 0.227 e. The van der Waals surface area contributed by atoms with Crippen LogP contribution in [0.2, 0.25) is 0 Å². The van der Waals surface area contributed by atoms with Crippen molar-refractivity contribution < 1.29 is 8.83 Å². The summed E-state index contributed by atoms with van der Waals surface area (Å²) in [6.45, 7) is 0. The molecule has 53 heavy (non-hydrogen) atoms. The van der Waals surface area contributed by atoms with Crippen molar-refractivity contribution in [1.82, 2.24) is 4.98 Å². The number of furan rings is 1. The molecule has 0 bridgehead atoms. The number of nitrogens with zero attached hydrogens (tertiary/aromatic N) is 2. The van der Waals surface area contributed by atoms with Crippen molar-refractivity contribution in [2.75, 3.05) is 4.90 Å². The number of hydrogen-bond acceptors (Lipinski definition) is 4. The van der Waals surface area contributed by atoms with Gasteiger partial charge in [0.15, 0.2) is 5.58 Å². The molecule has 8 aromatic carbocycles. The minimum atomic E-state index is 0.599. The lowest BCUT2D eigenvalue weighted by atomic mass is 10.00. The van der Waals surface area contributed by atoms with E-state index in [1.165, 1.54) is 16.7 Å². The lowest BCUT2D eigenvalue weighted by molar-refractivity contribution is 0.622. The highest BCUT2D eigenvalue weighted by atomic mass is 16.4. The van der Waals surface area contributed by atoms with Gasteiger partial charge in [-0.2, -0.15) is 0 Å². The topological polar surface area (TPSA) is 42.4 Å². The number of aromatic nitrogens is 1. The summed E-state index contributed by atoms with van der Waals surface area (Å²) in [5, 5.41) is 1.94. The molecule has 2 heterocycles. The summed E-state index contributed by atoms with van der Waals surface area (Å²) in [7, 11) is 0. The Morgan fingerprint density at radius 3 is 1.60 bits per heavy atom. The van der Waals surface area contributed by atoms with Crippen molar-refractivity contribution in [3.8, 4) is 44.8 Å². The van der Waals surface area contributed by atoms with Gasteiger partial charge in [-0.05, 0) is 94.5 Å². The van der Waals surface area contributed by atoms with Crippen LogP contribution in [0, 0.1) is 0 Å². The first kappa shape index (κ1) is 30.6. The molecule has 0 fully saturated rings. The lowest BCUT2D eigenvalue weighted by Crippen LogP contribution is -2.11. The van der Waals surface area contributed by atoms with E-state index in [9.17, 15) is 0 Å². The van der Waals surface area contributed by atoms with Gasteiger partial charge in [-0.3, -0.25) is 0 Å². The standard InChI is InChI=1S/C49H32N2O2/c1-4-12-33(13-5-1)34-20-25-39(26-21-34)51(44-19-11-10-18-41(44)36-14-6-2-7-15-36)40-27-22-35(23-28-40)38-24-30-45-42(32-38)47-46(52-45)31-29-43-48(47)53-49(50-43)37-16-8-3-9-17-37/h1-32H. The fraction of sp³-hybridized carbons (Fsp3) is 0. The van der Waals surface area contributed by atoms with E-state index in [0.717, 1.165) is 72.4 Å². The average Bonchev–Trinajstić information content (AvgIpc) is 3.84. The van der Waals surface area contributed by atoms with Crippen LogP contribution in [-0.2, 0) is 0 Å². The van der Waals surface area contributed by atoms with Crippen LogP contribution in [0.3, 0.4) is 0 Å². The first-order valence-electron chi connectivity index (χ1n) is 17.8. The van der Waals surface area contributed by atoms with Gasteiger partial charge in [0.25, 0.3) is 0 Å². The minimum absolute atomic E-state index is 0.599. The van der Waals surface area contributed by atoms with Gasteiger partial charge in [0, 0.05) is 27.9 Å². The van der Waals surface area contributed by atoms with Gasteiger partial charge in [-0.25, -0.2) is 4.98 Å². The summed E-state index contributed by atoms with van der Waals surface area (Å²) in [6.07, 6.45) is 0. The Balaban J connectivity index is 1.06. The second kappa shape index (κ2) is 12.9. The maximum Gasteiger partial charge on any atom is 0.227 e. The van der Waals surface area contributed by atoms with Crippen molar-refractivity contribution >= 4 is 50.1 Å². The quantitative estimate of drug-likeness (QED) is 0.168. The molecule has 10 rings (SSSR count). The second-order valence-electron chi connectivity index (χ2n) is 13.2. The molecule has 2 aromatic heterocycles. The summed E-state index contributed by atoms with van der Waals surface area (Å²) in [4.78, 5) is 7.15. The van der Waals surface area contributed by atoms with Crippen molar-refractivity contribution in [1.29, 1.82) is 0 Å². The number of anilines is 3. The molecule has 10 aromatic rings. The van der Waals surface area contributed by atoms with Crippen LogP contribution in [0.5, 0.6) is 0 Å². The zero-order valence-electron chi connectivity index (χ0n) is 28.7. The number of rotatable bonds is 7. The largest absolute Gasteiger partial charge is 0.456 e. The molecule has 0 amide bonds. The van der Waals surface area contributed by atoms with E-state index >= 15 is 0 Å². The maximum atomic E-state index is 6.40. The van der Waals surface area contributed by atoms with E-state index < -0.39 is 0 Å². The number of oxazole rings is 1. The Kier molecular flexibility index (Phi) is 7.43. The van der Waals surface area contributed by atoms with Gasteiger partial charge in [0.05, 0.1) is 11.1 Å². The van der Waals surface area contributed by atoms with Crippen LogP contribution in [-0.4, -0.2) is 4.98 Å². The number of para-hydroxylation sites is 1. The Morgan fingerprint density at radius 2 is 0.925 bits per heavy atom. The van der Waals surface area contributed by atoms with Gasteiger partial charge in [0.2, 0.25) is 5.89 Å². The summed E-state index contributed by atoms with van der Waals surface area (Å²) in [5.41, 5.74) is 14.2. The zero-order chi connectivity index (χ0) is 35.1. The second-order valence-corrected chi connectivity index (χ2v) is 13.2. The number of benzene rings is 8. The average molecular weight is 681 g/mol. The summed E-state index contributed by atoms with van der Waals surface area (Å²) < 4.78 is 12.7. The van der Waals surface area contributed by atoms with E-state index in [2.05, 4.69) is 157 Å². The molecule has 0 saturated heterocycles. The summed E-state index contributed by atoms with van der Waals surface area (Å²) >= 11 is 0. The Bertz CT molecular complexity index is 2860. The molecule has 0 aliphatic heterocycles. The Hall–Kier alpha value is -7.17. The third-order valence-electron chi connectivity index (χ3n) is 9.93.